The van der Waals surface area contributed by atoms with Gasteiger partial charge in [-0.3, -0.25) is 0 Å². The highest BCUT2D eigenvalue weighted by molar-refractivity contribution is 5.87. The van der Waals surface area contributed by atoms with Crippen molar-refractivity contribution in [2.75, 3.05) is 10.6 Å². The van der Waals surface area contributed by atoms with E-state index in [1.54, 1.807) is 24.3 Å². The van der Waals surface area contributed by atoms with Gasteiger partial charge in [0, 0.05) is 11.7 Å². The minimum absolute atomic E-state index is 0.0658. The molecule has 0 aliphatic rings. The van der Waals surface area contributed by atoms with Crippen LogP contribution in [0.3, 0.4) is 0 Å². The van der Waals surface area contributed by atoms with Crippen molar-refractivity contribution in [3.63, 3.8) is 0 Å². The van der Waals surface area contributed by atoms with E-state index in [0.29, 0.717) is 11.4 Å². The Morgan fingerprint density at radius 1 is 1.19 bits per heavy atom. The van der Waals surface area contributed by atoms with Crippen LogP contribution in [0.15, 0.2) is 42.5 Å². The monoisotopic (exact) mass is 287 g/mol. The molecule has 0 bridgehead atoms. The Kier molecular flexibility index (Phi) is 4.42. The lowest BCUT2D eigenvalue weighted by molar-refractivity contribution is 0.259. The van der Waals surface area contributed by atoms with Crippen LogP contribution in [0.1, 0.15) is 24.1 Å². The molecule has 21 heavy (non-hydrogen) atoms. The summed E-state index contributed by atoms with van der Waals surface area (Å²) in [5, 5.41) is 5.64. The summed E-state index contributed by atoms with van der Waals surface area (Å²) < 4.78 is 13.7. The van der Waals surface area contributed by atoms with Crippen LogP contribution >= 0.6 is 0 Å². The Hall–Kier alpha value is -2.56. The number of nitrogens with one attached hydrogen (secondary N) is 2. The Balaban J connectivity index is 2.11. The molecule has 0 aliphatic carbocycles. The van der Waals surface area contributed by atoms with Gasteiger partial charge in [-0.15, -0.1) is 0 Å². The zero-order valence-corrected chi connectivity index (χ0v) is 12.0. The number of amides is 2. The van der Waals surface area contributed by atoms with Gasteiger partial charge < -0.3 is 16.4 Å². The number of anilines is 2. The van der Waals surface area contributed by atoms with E-state index < -0.39 is 6.03 Å². The molecule has 5 heteroatoms. The molecule has 0 saturated heterocycles. The van der Waals surface area contributed by atoms with E-state index >= 15 is 0 Å². The molecule has 4 N–H and O–H groups in total. The molecule has 0 radical (unpaired) electrons. The van der Waals surface area contributed by atoms with E-state index in [-0.39, 0.29) is 11.9 Å². The molecule has 0 saturated carbocycles. The van der Waals surface area contributed by atoms with E-state index in [4.69, 9.17) is 5.73 Å². The predicted octanol–water partition coefficient (Wildman–Crippen LogP) is 3.80. The molecule has 0 aliphatic heterocycles. The first-order valence-electron chi connectivity index (χ1n) is 6.65. The number of urea groups is 1. The molecule has 1 unspecified atom stereocenters. The van der Waals surface area contributed by atoms with Crippen molar-refractivity contribution in [1.82, 2.24) is 0 Å². The first-order valence-corrected chi connectivity index (χ1v) is 6.65. The summed E-state index contributed by atoms with van der Waals surface area (Å²) >= 11 is 0. The van der Waals surface area contributed by atoms with E-state index in [0.717, 1.165) is 11.1 Å². The summed E-state index contributed by atoms with van der Waals surface area (Å²) in [7, 11) is 0. The molecule has 0 aromatic heterocycles. The van der Waals surface area contributed by atoms with Gasteiger partial charge in [0.2, 0.25) is 0 Å². The lowest BCUT2D eigenvalue weighted by Gasteiger charge is -2.17. The number of benzene rings is 2. The minimum Gasteiger partial charge on any atom is -0.376 e. The zero-order valence-electron chi connectivity index (χ0n) is 12.0. The van der Waals surface area contributed by atoms with Crippen LogP contribution in [0, 0.1) is 12.7 Å². The van der Waals surface area contributed by atoms with Crippen molar-refractivity contribution in [2.24, 2.45) is 5.73 Å². The molecule has 2 amide bonds. The number of carbonyl (C=O) groups excluding carboxylic acids is 1. The van der Waals surface area contributed by atoms with Gasteiger partial charge in [0.25, 0.3) is 0 Å². The van der Waals surface area contributed by atoms with Crippen LogP contribution in [0.5, 0.6) is 0 Å². The molecule has 2 rings (SSSR count). The van der Waals surface area contributed by atoms with E-state index in [1.807, 2.05) is 26.0 Å². The maximum Gasteiger partial charge on any atom is 0.316 e. The van der Waals surface area contributed by atoms with Crippen molar-refractivity contribution in [3.05, 3.63) is 59.4 Å². The summed E-state index contributed by atoms with van der Waals surface area (Å²) in [6, 6.07) is 11.5. The SMILES string of the molecule is Cc1ccc(F)c(NC(C)c2ccc(NC(N)=O)cc2)c1. The van der Waals surface area contributed by atoms with Gasteiger partial charge in [0.1, 0.15) is 5.82 Å². The number of hydrogen-bond donors (Lipinski definition) is 3. The lowest BCUT2D eigenvalue weighted by atomic mass is 10.1. The predicted molar refractivity (Wildman–Crippen MR) is 82.8 cm³/mol. The van der Waals surface area contributed by atoms with Crippen molar-refractivity contribution in [2.45, 2.75) is 19.9 Å². The number of nitrogens with two attached hydrogens (primary N) is 1. The third-order valence-corrected chi connectivity index (χ3v) is 3.17. The third kappa shape index (κ3) is 3.95. The molecule has 0 spiro atoms. The first-order chi connectivity index (χ1) is 9.95. The molecule has 2 aromatic rings. The van der Waals surface area contributed by atoms with Gasteiger partial charge in [-0.05, 0) is 49.2 Å². The highest BCUT2D eigenvalue weighted by atomic mass is 19.1. The maximum atomic E-state index is 13.7. The second kappa shape index (κ2) is 6.26. The molecule has 1 atom stereocenters. The summed E-state index contributed by atoms with van der Waals surface area (Å²) in [4.78, 5) is 10.8. The van der Waals surface area contributed by atoms with Gasteiger partial charge in [0.05, 0.1) is 5.69 Å². The van der Waals surface area contributed by atoms with Gasteiger partial charge in [-0.1, -0.05) is 18.2 Å². The van der Waals surface area contributed by atoms with Gasteiger partial charge >= 0.3 is 6.03 Å². The Bertz CT molecular complexity index is 640. The van der Waals surface area contributed by atoms with Crippen LogP contribution in [-0.4, -0.2) is 6.03 Å². The van der Waals surface area contributed by atoms with Crippen LogP contribution in [0.2, 0.25) is 0 Å². The average Bonchev–Trinajstić information content (AvgIpc) is 2.43. The van der Waals surface area contributed by atoms with Crippen molar-refractivity contribution in [1.29, 1.82) is 0 Å². The fourth-order valence-corrected chi connectivity index (χ4v) is 2.06. The smallest absolute Gasteiger partial charge is 0.316 e. The molecular weight excluding hydrogens is 269 g/mol. The molecule has 0 fully saturated rings. The van der Waals surface area contributed by atoms with Gasteiger partial charge in [0.15, 0.2) is 0 Å². The van der Waals surface area contributed by atoms with E-state index in [9.17, 15) is 9.18 Å². The Morgan fingerprint density at radius 2 is 1.86 bits per heavy atom. The topological polar surface area (TPSA) is 67.2 Å². The fourth-order valence-electron chi connectivity index (χ4n) is 2.06. The van der Waals surface area contributed by atoms with Crippen molar-refractivity contribution in [3.8, 4) is 0 Å². The van der Waals surface area contributed by atoms with Crippen LogP contribution in [-0.2, 0) is 0 Å². The van der Waals surface area contributed by atoms with E-state index in [2.05, 4.69) is 10.6 Å². The number of primary amides is 1. The Morgan fingerprint density at radius 3 is 2.48 bits per heavy atom. The van der Waals surface area contributed by atoms with Crippen LogP contribution in [0.4, 0.5) is 20.6 Å². The number of hydrogen-bond acceptors (Lipinski definition) is 2. The quantitative estimate of drug-likeness (QED) is 0.800. The van der Waals surface area contributed by atoms with E-state index in [1.165, 1.54) is 6.07 Å². The maximum absolute atomic E-state index is 13.7. The van der Waals surface area contributed by atoms with Gasteiger partial charge in [-0.2, -0.15) is 0 Å². The molecule has 4 nitrogen and oxygen atoms in total. The highest BCUT2D eigenvalue weighted by Gasteiger charge is 2.09. The highest BCUT2D eigenvalue weighted by Crippen LogP contribution is 2.23. The summed E-state index contributed by atoms with van der Waals surface area (Å²) in [6.45, 7) is 3.86. The van der Waals surface area contributed by atoms with Crippen LogP contribution < -0.4 is 16.4 Å². The largest absolute Gasteiger partial charge is 0.376 e. The Labute approximate surface area is 123 Å². The normalized spacial score (nSPS) is 11.8. The second-order valence-corrected chi connectivity index (χ2v) is 4.96. The first kappa shape index (κ1) is 14.8. The molecule has 110 valence electrons. The lowest BCUT2D eigenvalue weighted by Crippen LogP contribution is -2.19. The van der Waals surface area contributed by atoms with Gasteiger partial charge in [-0.25, -0.2) is 9.18 Å². The fraction of sp³-hybridized carbons (Fsp3) is 0.188. The van der Waals surface area contributed by atoms with Crippen molar-refractivity contribution >= 4 is 17.4 Å². The zero-order chi connectivity index (χ0) is 15.4. The molecular formula is C16H18FN3O. The average molecular weight is 287 g/mol. The number of rotatable bonds is 4. The molecule has 2 aromatic carbocycles. The summed E-state index contributed by atoms with van der Waals surface area (Å²) in [6.07, 6.45) is 0. The summed E-state index contributed by atoms with van der Waals surface area (Å²) in [5.74, 6) is -0.278. The van der Waals surface area contributed by atoms with Crippen molar-refractivity contribution < 1.29 is 9.18 Å². The summed E-state index contributed by atoms with van der Waals surface area (Å²) in [5.41, 5.74) is 8.12. The number of halogens is 1. The minimum atomic E-state index is -0.601. The number of aryl methyl sites for hydroxylation is 1. The molecule has 0 heterocycles. The second-order valence-electron chi connectivity index (χ2n) is 4.96. The third-order valence-electron chi connectivity index (χ3n) is 3.17. The number of carbonyl (C=O) groups is 1. The van der Waals surface area contributed by atoms with Crippen LogP contribution in [0.25, 0.3) is 0 Å². The standard InChI is InChI=1S/C16H18FN3O/c1-10-3-8-14(17)15(9-10)19-11(2)12-4-6-13(7-5-12)20-16(18)21/h3-9,11,19H,1-2H3,(H3,18,20,21).